The third-order valence-electron chi connectivity index (χ3n) is 3.95. The fourth-order valence-electron chi connectivity index (χ4n) is 2.63. The summed E-state index contributed by atoms with van der Waals surface area (Å²) in [5.41, 5.74) is 2.63. The van der Waals surface area contributed by atoms with Gasteiger partial charge < -0.3 is 9.47 Å². The number of carbonyl (C=O) groups is 1. The van der Waals surface area contributed by atoms with Crippen molar-refractivity contribution in [1.82, 2.24) is 0 Å². The van der Waals surface area contributed by atoms with Crippen LogP contribution in [0.4, 0.5) is 0 Å². The van der Waals surface area contributed by atoms with Crippen LogP contribution >= 0.6 is 0 Å². The number of rotatable bonds is 7. The number of para-hydroxylation sites is 1. The highest BCUT2D eigenvalue weighted by atomic mass is 16.5. The molecule has 0 fully saturated rings. The van der Waals surface area contributed by atoms with E-state index in [9.17, 15) is 4.79 Å². The van der Waals surface area contributed by atoms with Crippen LogP contribution in [-0.4, -0.2) is 12.9 Å². The minimum absolute atomic E-state index is 0.0777. The van der Waals surface area contributed by atoms with E-state index in [4.69, 9.17) is 9.47 Å². The molecule has 0 saturated heterocycles. The fraction of sp³-hybridized carbons (Fsp3) is 0.136. The molecule has 0 spiro atoms. The number of benzene rings is 3. The summed E-state index contributed by atoms with van der Waals surface area (Å²) in [7, 11) is 1.64. The molecule has 0 aliphatic rings. The van der Waals surface area contributed by atoms with Gasteiger partial charge in [0.15, 0.2) is 5.78 Å². The molecule has 0 amide bonds. The van der Waals surface area contributed by atoms with Gasteiger partial charge in [0.1, 0.15) is 18.1 Å². The van der Waals surface area contributed by atoms with Gasteiger partial charge in [-0.1, -0.05) is 60.7 Å². The Morgan fingerprint density at radius 3 is 2.44 bits per heavy atom. The van der Waals surface area contributed by atoms with Crippen molar-refractivity contribution in [2.45, 2.75) is 13.0 Å². The van der Waals surface area contributed by atoms with Gasteiger partial charge in [-0.25, -0.2) is 0 Å². The Bertz CT molecular complexity index is 841. The van der Waals surface area contributed by atoms with Gasteiger partial charge in [-0.15, -0.1) is 0 Å². The number of carbonyl (C=O) groups excluding carboxylic acids is 1. The van der Waals surface area contributed by atoms with Gasteiger partial charge in [0.25, 0.3) is 0 Å². The zero-order chi connectivity index (χ0) is 17.5. The molecular weight excluding hydrogens is 312 g/mol. The molecule has 0 aliphatic heterocycles. The SMILES string of the molecule is COc1ccccc1COc1cccc(C(=O)Cc2ccccc2)c1. The Balaban J connectivity index is 1.68. The molecule has 3 aromatic carbocycles. The predicted octanol–water partition coefficient (Wildman–Crippen LogP) is 4.70. The molecule has 3 rings (SSSR count). The van der Waals surface area contributed by atoms with Gasteiger partial charge in [0.05, 0.1) is 7.11 Å². The number of ether oxygens (including phenoxy) is 2. The van der Waals surface area contributed by atoms with Crippen LogP contribution in [0.2, 0.25) is 0 Å². The van der Waals surface area contributed by atoms with Crippen molar-refractivity contribution >= 4 is 5.78 Å². The molecule has 0 unspecified atom stereocenters. The molecule has 3 nitrogen and oxygen atoms in total. The number of ketones is 1. The predicted molar refractivity (Wildman–Crippen MR) is 98.2 cm³/mol. The lowest BCUT2D eigenvalue weighted by Crippen LogP contribution is -2.04. The topological polar surface area (TPSA) is 35.5 Å². The summed E-state index contributed by atoms with van der Waals surface area (Å²) in [5.74, 6) is 1.54. The first-order valence-electron chi connectivity index (χ1n) is 8.18. The van der Waals surface area contributed by atoms with Crippen molar-refractivity contribution in [3.63, 3.8) is 0 Å². The standard InChI is InChI=1S/C22H20O3/c1-24-22-13-6-5-10-19(22)16-25-20-12-7-11-18(15-20)21(23)14-17-8-3-2-4-9-17/h2-13,15H,14,16H2,1H3. The van der Waals surface area contributed by atoms with E-state index in [1.54, 1.807) is 13.2 Å². The van der Waals surface area contributed by atoms with Crippen molar-refractivity contribution in [1.29, 1.82) is 0 Å². The Morgan fingerprint density at radius 2 is 1.64 bits per heavy atom. The second kappa shape index (κ2) is 8.15. The number of hydrogen-bond donors (Lipinski definition) is 0. The summed E-state index contributed by atoms with van der Waals surface area (Å²) in [6.45, 7) is 0.389. The Kier molecular flexibility index (Phi) is 5.47. The highest BCUT2D eigenvalue weighted by molar-refractivity contribution is 5.97. The van der Waals surface area contributed by atoms with E-state index < -0.39 is 0 Å². The molecule has 0 heterocycles. The molecule has 25 heavy (non-hydrogen) atoms. The van der Waals surface area contributed by atoms with E-state index in [1.165, 1.54) is 0 Å². The van der Waals surface area contributed by atoms with E-state index in [0.29, 0.717) is 24.3 Å². The zero-order valence-electron chi connectivity index (χ0n) is 14.1. The van der Waals surface area contributed by atoms with Crippen LogP contribution in [0.1, 0.15) is 21.5 Å². The van der Waals surface area contributed by atoms with Crippen molar-refractivity contribution < 1.29 is 14.3 Å². The highest BCUT2D eigenvalue weighted by Crippen LogP contribution is 2.21. The van der Waals surface area contributed by atoms with Crippen LogP contribution in [0.5, 0.6) is 11.5 Å². The van der Waals surface area contributed by atoms with Crippen LogP contribution in [-0.2, 0) is 13.0 Å². The van der Waals surface area contributed by atoms with Crippen LogP contribution in [0.15, 0.2) is 78.9 Å². The Labute approximate surface area is 147 Å². The average molecular weight is 332 g/mol. The maximum Gasteiger partial charge on any atom is 0.167 e. The summed E-state index contributed by atoms with van der Waals surface area (Å²) in [4.78, 5) is 12.5. The molecule has 0 radical (unpaired) electrons. The quantitative estimate of drug-likeness (QED) is 0.588. The van der Waals surface area contributed by atoms with Crippen LogP contribution < -0.4 is 9.47 Å². The Hall–Kier alpha value is -3.07. The number of Topliss-reactive ketones (excluding diaryl/α,β-unsaturated/α-hetero) is 1. The van der Waals surface area contributed by atoms with Crippen LogP contribution in [0.3, 0.4) is 0 Å². The summed E-state index contributed by atoms with van der Waals surface area (Å²) in [6.07, 6.45) is 0.386. The maximum atomic E-state index is 12.5. The van der Waals surface area contributed by atoms with Crippen LogP contribution in [0, 0.1) is 0 Å². The Morgan fingerprint density at radius 1 is 0.880 bits per heavy atom. The molecule has 0 aromatic heterocycles. The monoisotopic (exact) mass is 332 g/mol. The normalized spacial score (nSPS) is 10.3. The van der Waals surface area contributed by atoms with Gasteiger partial charge in [-0.05, 0) is 23.8 Å². The second-order valence-electron chi connectivity index (χ2n) is 5.71. The minimum Gasteiger partial charge on any atom is -0.496 e. The van der Waals surface area contributed by atoms with E-state index in [2.05, 4.69) is 0 Å². The van der Waals surface area contributed by atoms with Crippen LogP contribution in [0.25, 0.3) is 0 Å². The molecule has 3 heteroatoms. The van der Waals surface area contributed by atoms with Gasteiger partial charge in [0.2, 0.25) is 0 Å². The van der Waals surface area contributed by atoms with E-state index in [0.717, 1.165) is 16.9 Å². The minimum atomic E-state index is 0.0777. The first-order chi connectivity index (χ1) is 12.3. The molecule has 0 N–H and O–H groups in total. The first-order valence-corrected chi connectivity index (χ1v) is 8.18. The molecule has 0 aliphatic carbocycles. The molecule has 0 atom stereocenters. The van der Waals surface area contributed by atoms with E-state index in [1.807, 2.05) is 72.8 Å². The smallest absolute Gasteiger partial charge is 0.167 e. The summed E-state index contributed by atoms with van der Waals surface area (Å²) in [5, 5.41) is 0. The number of methoxy groups -OCH3 is 1. The van der Waals surface area contributed by atoms with Gasteiger partial charge >= 0.3 is 0 Å². The van der Waals surface area contributed by atoms with E-state index >= 15 is 0 Å². The third kappa shape index (κ3) is 4.48. The second-order valence-corrected chi connectivity index (χ2v) is 5.71. The van der Waals surface area contributed by atoms with Gasteiger partial charge in [-0.2, -0.15) is 0 Å². The molecule has 0 saturated carbocycles. The third-order valence-corrected chi connectivity index (χ3v) is 3.95. The summed E-state index contributed by atoms with van der Waals surface area (Å²) < 4.78 is 11.2. The van der Waals surface area contributed by atoms with Gasteiger partial charge in [0, 0.05) is 17.5 Å². The van der Waals surface area contributed by atoms with E-state index in [-0.39, 0.29) is 5.78 Å². The molecule has 3 aromatic rings. The molecular formula is C22H20O3. The zero-order valence-corrected chi connectivity index (χ0v) is 14.1. The van der Waals surface area contributed by atoms with Crippen molar-refractivity contribution in [2.75, 3.05) is 7.11 Å². The lowest BCUT2D eigenvalue weighted by molar-refractivity contribution is 0.0992. The van der Waals surface area contributed by atoms with Crippen molar-refractivity contribution in [3.8, 4) is 11.5 Å². The number of hydrogen-bond acceptors (Lipinski definition) is 3. The maximum absolute atomic E-state index is 12.5. The average Bonchev–Trinajstić information content (AvgIpc) is 2.67. The lowest BCUT2D eigenvalue weighted by atomic mass is 10.0. The summed E-state index contributed by atoms with van der Waals surface area (Å²) >= 11 is 0. The van der Waals surface area contributed by atoms with Crippen molar-refractivity contribution in [3.05, 3.63) is 95.6 Å². The van der Waals surface area contributed by atoms with Crippen molar-refractivity contribution in [2.24, 2.45) is 0 Å². The lowest BCUT2D eigenvalue weighted by Gasteiger charge is -2.11. The molecule has 126 valence electrons. The fourth-order valence-corrected chi connectivity index (χ4v) is 2.63. The largest absolute Gasteiger partial charge is 0.496 e. The highest BCUT2D eigenvalue weighted by Gasteiger charge is 2.09. The molecule has 0 bridgehead atoms. The summed E-state index contributed by atoms with van der Waals surface area (Å²) in [6, 6.07) is 24.8. The first kappa shape index (κ1) is 16.8. The van der Waals surface area contributed by atoms with Gasteiger partial charge in [-0.3, -0.25) is 4.79 Å².